The first-order valence-electron chi connectivity index (χ1n) is 12.4. The summed E-state index contributed by atoms with van der Waals surface area (Å²) >= 11 is 0. The van der Waals surface area contributed by atoms with Gasteiger partial charge in [-0.2, -0.15) is 13.2 Å². The van der Waals surface area contributed by atoms with Crippen LogP contribution in [0, 0.1) is 0 Å². The van der Waals surface area contributed by atoms with Crippen molar-refractivity contribution >= 4 is 26.7 Å². The molecular weight excluding hydrogens is 551 g/mol. The Hall–Kier alpha value is -4.41. The zero-order valence-corrected chi connectivity index (χ0v) is 23.1. The maximum absolute atomic E-state index is 12.6. The van der Waals surface area contributed by atoms with E-state index in [1.807, 2.05) is 66.7 Å². The molecule has 0 atom stereocenters. The number of fused-ring (bicyclic) bond motifs is 1. The summed E-state index contributed by atoms with van der Waals surface area (Å²) in [5.41, 5.74) is 5.37. The topological polar surface area (TPSA) is 84.2 Å². The number of rotatable bonds is 7. The Bertz CT molecular complexity index is 1640. The number of imidazole rings is 1. The van der Waals surface area contributed by atoms with E-state index < -0.39 is 16.2 Å². The largest absolute Gasteiger partial charge is 0.409 e. The summed E-state index contributed by atoms with van der Waals surface area (Å²) in [4.78, 5) is 4.86. The normalized spacial score (nSPS) is 11.0. The highest BCUT2D eigenvalue weighted by Crippen LogP contribution is 2.27. The number of alkyl halides is 3. The van der Waals surface area contributed by atoms with Crippen molar-refractivity contribution in [2.45, 2.75) is 18.5 Å². The number of allylic oxidation sites excluding steroid dienone is 1. The number of para-hydroxylation sites is 2. The van der Waals surface area contributed by atoms with Crippen LogP contribution in [0.1, 0.15) is 11.1 Å². The second-order valence-electron chi connectivity index (χ2n) is 8.67. The van der Waals surface area contributed by atoms with Gasteiger partial charge in [0.05, 0.1) is 16.8 Å². The minimum Gasteiger partial charge on any atom is -0.400 e. The molecule has 5 aromatic rings. The SMILES string of the molecule is C=CC(F)(F)F.CO.O=S(=O)(Cc1ccccc1)Nc1ccc(-c2nc3ccccc3n2Cc2ccccc2)cc1. The van der Waals surface area contributed by atoms with Gasteiger partial charge in [-0.05, 0) is 47.5 Å². The smallest absolute Gasteiger partial charge is 0.400 e. The lowest BCUT2D eigenvalue weighted by Crippen LogP contribution is -2.15. The van der Waals surface area contributed by atoms with Crippen molar-refractivity contribution in [2.24, 2.45) is 0 Å². The first kappa shape index (κ1) is 31.1. The third-order valence-electron chi connectivity index (χ3n) is 5.69. The van der Waals surface area contributed by atoms with Crippen LogP contribution in [0.5, 0.6) is 0 Å². The highest BCUT2D eigenvalue weighted by atomic mass is 32.2. The Labute approximate surface area is 237 Å². The van der Waals surface area contributed by atoms with E-state index in [4.69, 9.17) is 10.1 Å². The van der Waals surface area contributed by atoms with Crippen molar-refractivity contribution in [3.63, 3.8) is 0 Å². The van der Waals surface area contributed by atoms with Gasteiger partial charge in [-0.3, -0.25) is 4.72 Å². The summed E-state index contributed by atoms with van der Waals surface area (Å²) < 4.78 is 62.0. The van der Waals surface area contributed by atoms with Gasteiger partial charge in [-0.1, -0.05) is 79.4 Å². The number of nitrogens with zero attached hydrogens (tertiary/aromatic N) is 2. The fraction of sp³-hybridized carbons (Fsp3) is 0.129. The summed E-state index contributed by atoms with van der Waals surface area (Å²) in [7, 11) is -2.51. The van der Waals surface area contributed by atoms with Crippen LogP contribution < -0.4 is 4.72 Å². The fourth-order valence-corrected chi connectivity index (χ4v) is 5.12. The van der Waals surface area contributed by atoms with Crippen molar-refractivity contribution in [3.05, 3.63) is 133 Å². The zero-order valence-electron chi connectivity index (χ0n) is 22.3. The van der Waals surface area contributed by atoms with Gasteiger partial charge in [0, 0.05) is 31.0 Å². The van der Waals surface area contributed by atoms with E-state index in [1.54, 1.807) is 24.3 Å². The molecule has 6 nitrogen and oxygen atoms in total. The van der Waals surface area contributed by atoms with E-state index in [0.717, 1.165) is 35.1 Å². The third-order valence-corrected chi connectivity index (χ3v) is 6.95. The lowest BCUT2D eigenvalue weighted by Gasteiger charge is -2.11. The molecule has 0 aliphatic rings. The van der Waals surface area contributed by atoms with Crippen LogP contribution >= 0.6 is 0 Å². The molecule has 5 rings (SSSR count). The Morgan fingerprint density at radius 1 is 0.829 bits per heavy atom. The molecule has 0 bridgehead atoms. The number of aliphatic hydroxyl groups is 1. The van der Waals surface area contributed by atoms with Crippen LogP contribution in [-0.2, 0) is 22.3 Å². The molecule has 0 unspecified atom stereocenters. The number of nitrogens with one attached hydrogen (secondary N) is 1. The van der Waals surface area contributed by atoms with E-state index in [2.05, 4.69) is 34.1 Å². The maximum atomic E-state index is 12.6. The second-order valence-corrected chi connectivity index (χ2v) is 10.4. The molecule has 0 amide bonds. The van der Waals surface area contributed by atoms with E-state index in [0.29, 0.717) is 12.2 Å². The molecule has 0 spiro atoms. The van der Waals surface area contributed by atoms with Gasteiger partial charge >= 0.3 is 6.18 Å². The lowest BCUT2D eigenvalue weighted by atomic mass is 10.2. The zero-order chi connectivity index (χ0) is 29.9. The molecule has 0 aliphatic carbocycles. The van der Waals surface area contributed by atoms with E-state index in [9.17, 15) is 21.6 Å². The molecular formula is C31H30F3N3O3S. The van der Waals surface area contributed by atoms with E-state index >= 15 is 0 Å². The number of benzene rings is 4. The summed E-state index contributed by atoms with van der Waals surface area (Å²) in [5, 5.41) is 7.00. The van der Waals surface area contributed by atoms with E-state index in [1.165, 1.54) is 5.56 Å². The quantitative estimate of drug-likeness (QED) is 0.202. The summed E-state index contributed by atoms with van der Waals surface area (Å²) in [6.45, 7) is 3.20. The van der Waals surface area contributed by atoms with Crippen LogP contribution in [-0.4, -0.2) is 36.4 Å². The van der Waals surface area contributed by atoms with Gasteiger partial charge in [-0.25, -0.2) is 13.4 Å². The van der Waals surface area contributed by atoms with Crippen LogP contribution in [0.4, 0.5) is 18.9 Å². The Kier molecular flexibility index (Phi) is 10.8. The Morgan fingerprint density at radius 3 is 1.90 bits per heavy atom. The molecule has 0 saturated carbocycles. The summed E-state index contributed by atoms with van der Waals surface area (Å²) in [5.74, 6) is 0.779. The highest BCUT2D eigenvalue weighted by Gasteiger charge is 2.20. The molecule has 0 aliphatic heterocycles. The predicted molar refractivity (Wildman–Crippen MR) is 158 cm³/mol. The van der Waals surface area contributed by atoms with Crippen LogP contribution in [0.3, 0.4) is 0 Å². The van der Waals surface area contributed by atoms with Crippen molar-refractivity contribution in [1.29, 1.82) is 0 Å². The van der Waals surface area contributed by atoms with Gasteiger partial charge in [0.1, 0.15) is 5.82 Å². The van der Waals surface area contributed by atoms with Crippen LogP contribution in [0.2, 0.25) is 0 Å². The number of halogens is 3. The number of hydrogen-bond acceptors (Lipinski definition) is 4. The molecule has 214 valence electrons. The van der Waals surface area contributed by atoms with Gasteiger partial charge in [0.15, 0.2) is 0 Å². The molecule has 0 fully saturated rings. The monoisotopic (exact) mass is 581 g/mol. The molecule has 2 N–H and O–H groups in total. The minimum absolute atomic E-state index is 0.0625. The van der Waals surface area contributed by atoms with Gasteiger partial charge in [-0.15, -0.1) is 0 Å². The molecule has 10 heteroatoms. The van der Waals surface area contributed by atoms with Gasteiger partial charge in [0.25, 0.3) is 0 Å². The van der Waals surface area contributed by atoms with Crippen molar-refractivity contribution in [2.75, 3.05) is 11.8 Å². The fourth-order valence-electron chi connectivity index (χ4n) is 3.92. The average molecular weight is 582 g/mol. The third kappa shape index (κ3) is 9.33. The summed E-state index contributed by atoms with van der Waals surface area (Å²) in [6.07, 6.45) is -4.26. The number of hydrogen-bond donors (Lipinski definition) is 2. The van der Waals surface area contributed by atoms with Gasteiger partial charge in [0.2, 0.25) is 10.0 Å². The van der Waals surface area contributed by atoms with Crippen molar-refractivity contribution in [3.8, 4) is 11.4 Å². The predicted octanol–water partition coefficient (Wildman–Crippen LogP) is 7.04. The molecule has 4 aromatic carbocycles. The van der Waals surface area contributed by atoms with Crippen LogP contribution in [0.25, 0.3) is 22.4 Å². The second kappa shape index (κ2) is 14.3. The number of anilines is 1. The Balaban J connectivity index is 0.000000515. The average Bonchev–Trinajstić information content (AvgIpc) is 3.33. The first-order chi connectivity index (χ1) is 19.6. The van der Waals surface area contributed by atoms with Crippen molar-refractivity contribution < 1.29 is 26.7 Å². The first-order valence-corrected chi connectivity index (χ1v) is 14.1. The standard InChI is InChI=1S/C27H23N3O2S.C3H3F3.CH4O/c31-33(32,20-22-11-5-2-6-12-22)29-24-17-15-23(16-18-24)27-28-25-13-7-8-14-26(25)30(27)19-21-9-3-1-4-10-21;1-2-3(4,5)6;1-2/h1-18,29H,19-20H2;2H,1H2;2H,1H3. The molecule has 0 saturated heterocycles. The van der Waals surface area contributed by atoms with Crippen LogP contribution in [0.15, 0.2) is 122 Å². The molecule has 1 aromatic heterocycles. The maximum Gasteiger partial charge on any atom is 0.409 e. The summed E-state index contributed by atoms with van der Waals surface area (Å²) in [6, 6.07) is 34.9. The highest BCUT2D eigenvalue weighted by molar-refractivity contribution is 7.91. The molecule has 0 radical (unpaired) electrons. The van der Waals surface area contributed by atoms with Gasteiger partial charge < -0.3 is 9.67 Å². The molecule has 41 heavy (non-hydrogen) atoms. The number of sulfonamides is 1. The van der Waals surface area contributed by atoms with E-state index in [-0.39, 0.29) is 11.8 Å². The lowest BCUT2D eigenvalue weighted by molar-refractivity contribution is -0.0795. The number of aliphatic hydroxyl groups excluding tert-OH is 1. The Morgan fingerprint density at radius 2 is 1.34 bits per heavy atom. The van der Waals surface area contributed by atoms with Crippen molar-refractivity contribution in [1.82, 2.24) is 9.55 Å². The minimum atomic E-state index is -4.19. The number of aromatic nitrogens is 2. The molecule has 1 heterocycles.